The summed E-state index contributed by atoms with van der Waals surface area (Å²) in [7, 11) is 1.76. The van der Waals surface area contributed by atoms with Crippen LogP contribution in [-0.2, 0) is 4.74 Å². The fourth-order valence-corrected chi connectivity index (χ4v) is 1.70. The van der Waals surface area contributed by atoms with E-state index in [1.807, 2.05) is 0 Å². The highest BCUT2D eigenvalue weighted by Gasteiger charge is 2.11. The molecule has 0 saturated carbocycles. The number of nitrogens with two attached hydrogens (primary N) is 1. The van der Waals surface area contributed by atoms with E-state index < -0.39 is 0 Å². The van der Waals surface area contributed by atoms with Crippen LogP contribution in [0.4, 0.5) is 0 Å². The standard InChI is InChI=1S/C13H30N2O/c1-11(2)10-15(8-9-16-5)7-6-13(14)12(3)4/h11-13H,6-10,14H2,1-5H3. The first-order chi connectivity index (χ1) is 7.47. The van der Waals surface area contributed by atoms with Crippen LogP contribution in [0.2, 0.25) is 0 Å². The van der Waals surface area contributed by atoms with Crippen LogP contribution in [0.3, 0.4) is 0 Å². The maximum atomic E-state index is 6.07. The summed E-state index contributed by atoms with van der Waals surface area (Å²) >= 11 is 0. The van der Waals surface area contributed by atoms with Gasteiger partial charge >= 0.3 is 0 Å². The molecule has 0 fully saturated rings. The largest absolute Gasteiger partial charge is 0.383 e. The summed E-state index contributed by atoms with van der Waals surface area (Å²) in [6, 6.07) is 0.317. The van der Waals surface area contributed by atoms with Crippen LogP contribution in [0.15, 0.2) is 0 Å². The first kappa shape index (κ1) is 15.9. The molecule has 0 amide bonds. The Labute approximate surface area is 101 Å². The molecule has 0 spiro atoms. The normalized spacial score (nSPS) is 14.1. The molecule has 0 aromatic carbocycles. The molecule has 0 aliphatic heterocycles. The lowest BCUT2D eigenvalue weighted by Gasteiger charge is -2.26. The molecule has 1 atom stereocenters. The second-order valence-corrected chi connectivity index (χ2v) is 5.38. The van der Waals surface area contributed by atoms with Crippen molar-refractivity contribution in [1.82, 2.24) is 4.90 Å². The number of nitrogens with zero attached hydrogens (tertiary/aromatic N) is 1. The van der Waals surface area contributed by atoms with Gasteiger partial charge in [-0.15, -0.1) is 0 Å². The highest BCUT2D eigenvalue weighted by Crippen LogP contribution is 2.06. The quantitative estimate of drug-likeness (QED) is 0.658. The number of rotatable bonds is 9. The lowest BCUT2D eigenvalue weighted by molar-refractivity contribution is 0.136. The summed E-state index contributed by atoms with van der Waals surface area (Å²) < 4.78 is 5.14. The van der Waals surface area contributed by atoms with E-state index in [9.17, 15) is 0 Å². The van der Waals surface area contributed by atoms with E-state index in [1.54, 1.807) is 7.11 Å². The van der Waals surface area contributed by atoms with Crippen molar-refractivity contribution in [2.45, 2.75) is 40.2 Å². The fourth-order valence-electron chi connectivity index (χ4n) is 1.70. The van der Waals surface area contributed by atoms with Crippen LogP contribution in [0.5, 0.6) is 0 Å². The van der Waals surface area contributed by atoms with E-state index in [0.717, 1.165) is 32.7 Å². The number of methoxy groups -OCH3 is 1. The lowest BCUT2D eigenvalue weighted by atomic mass is 10.0. The Morgan fingerprint density at radius 1 is 1.12 bits per heavy atom. The van der Waals surface area contributed by atoms with Gasteiger partial charge in [-0.3, -0.25) is 0 Å². The van der Waals surface area contributed by atoms with Gasteiger partial charge in [-0.2, -0.15) is 0 Å². The van der Waals surface area contributed by atoms with Crippen molar-refractivity contribution >= 4 is 0 Å². The zero-order valence-corrected chi connectivity index (χ0v) is 11.7. The smallest absolute Gasteiger partial charge is 0.0589 e. The van der Waals surface area contributed by atoms with Crippen molar-refractivity contribution in [1.29, 1.82) is 0 Å². The summed E-state index contributed by atoms with van der Waals surface area (Å²) in [5.41, 5.74) is 6.07. The minimum atomic E-state index is 0.317. The van der Waals surface area contributed by atoms with Gasteiger partial charge in [0.25, 0.3) is 0 Å². The lowest BCUT2D eigenvalue weighted by Crippen LogP contribution is -2.36. The first-order valence-electron chi connectivity index (χ1n) is 6.44. The van der Waals surface area contributed by atoms with Gasteiger partial charge in [-0.25, -0.2) is 0 Å². The Bertz CT molecular complexity index is 160. The topological polar surface area (TPSA) is 38.5 Å². The molecule has 3 nitrogen and oxygen atoms in total. The molecule has 1 unspecified atom stereocenters. The molecule has 0 bridgehead atoms. The molecule has 16 heavy (non-hydrogen) atoms. The van der Waals surface area contributed by atoms with Gasteiger partial charge in [-0.1, -0.05) is 27.7 Å². The second kappa shape index (κ2) is 8.97. The molecule has 0 aliphatic rings. The number of ether oxygens (including phenoxy) is 1. The summed E-state index contributed by atoms with van der Waals surface area (Å²) in [5, 5.41) is 0. The molecular weight excluding hydrogens is 200 g/mol. The minimum absolute atomic E-state index is 0.317. The van der Waals surface area contributed by atoms with Crippen molar-refractivity contribution in [3.8, 4) is 0 Å². The van der Waals surface area contributed by atoms with Gasteiger partial charge in [0.1, 0.15) is 0 Å². The van der Waals surface area contributed by atoms with Crippen LogP contribution in [0.25, 0.3) is 0 Å². The van der Waals surface area contributed by atoms with Gasteiger partial charge in [0.2, 0.25) is 0 Å². The first-order valence-corrected chi connectivity index (χ1v) is 6.44. The minimum Gasteiger partial charge on any atom is -0.383 e. The Morgan fingerprint density at radius 2 is 1.75 bits per heavy atom. The summed E-state index contributed by atoms with van der Waals surface area (Å²) in [4.78, 5) is 2.45. The highest BCUT2D eigenvalue weighted by molar-refractivity contribution is 4.69. The van der Waals surface area contributed by atoms with Crippen molar-refractivity contribution in [2.75, 3.05) is 33.4 Å². The maximum Gasteiger partial charge on any atom is 0.0589 e. The van der Waals surface area contributed by atoms with Crippen LogP contribution in [0.1, 0.15) is 34.1 Å². The van der Waals surface area contributed by atoms with E-state index in [4.69, 9.17) is 10.5 Å². The Hall–Kier alpha value is -0.120. The van der Waals surface area contributed by atoms with Crippen LogP contribution < -0.4 is 5.73 Å². The van der Waals surface area contributed by atoms with Crippen LogP contribution in [0, 0.1) is 11.8 Å². The van der Waals surface area contributed by atoms with E-state index in [1.165, 1.54) is 0 Å². The van der Waals surface area contributed by atoms with Gasteiger partial charge in [-0.05, 0) is 24.8 Å². The monoisotopic (exact) mass is 230 g/mol. The summed E-state index contributed by atoms with van der Waals surface area (Å²) in [6.45, 7) is 12.9. The Kier molecular flexibility index (Phi) is 8.90. The van der Waals surface area contributed by atoms with Crippen molar-refractivity contribution in [2.24, 2.45) is 17.6 Å². The third-order valence-electron chi connectivity index (χ3n) is 2.87. The predicted octanol–water partition coefficient (Wildman–Crippen LogP) is 1.96. The summed E-state index contributed by atoms with van der Waals surface area (Å²) in [5.74, 6) is 1.27. The van der Waals surface area contributed by atoms with E-state index in [0.29, 0.717) is 17.9 Å². The molecule has 0 aromatic heterocycles. The zero-order chi connectivity index (χ0) is 12.6. The molecule has 0 rings (SSSR count). The zero-order valence-electron chi connectivity index (χ0n) is 11.7. The van der Waals surface area contributed by atoms with Crippen molar-refractivity contribution in [3.05, 3.63) is 0 Å². The van der Waals surface area contributed by atoms with Crippen molar-refractivity contribution in [3.63, 3.8) is 0 Å². The molecule has 0 saturated heterocycles. The van der Waals surface area contributed by atoms with Gasteiger partial charge in [0.05, 0.1) is 6.61 Å². The van der Waals surface area contributed by atoms with Gasteiger partial charge < -0.3 is 15.4 Å². The van der Waals surface area contributed by atoms with E-state index in [-0.39, 0.29) is 0 Å². The maximum absolute atomic E-state index is 6.07. The van der Waals surface area contributed by atoms with E-state index >= 15 is 0 Å². The number of hydrogen-bond acceptors (Lipinski definition) is 3. The molecule has 0 radical (unpaired) electrons. The van der Waals surface area contributed by atoms with Crippen molar-refractivity contribution < 1.29 is 4.74 Å². The van der Waals surface area contributed by atoms with Crippen LogP contribution >= 0.6 is 0 Å². The molecule has 0 aromatic rings. The molecular formula is C13H30N2O. The molecule has 0 heterocycles. The van der Waals surface area contributed by atoms with Gasteiger partial charge in [0, 0.05) is 26.2 Å². The van der Waals surface area contributed by atoms with Gasteiger partial charge in [0.15, 0.2) is 0 Å². The Balaban J connectivity index is 3.90. The fraction of sp³-hybridized carbons (Fsp3) is 1.00. The third-order valence-corrected chi connectivity index (χ3v) is 2.87. The average Bonchev–Trinajstić information content (AvgIpc) is 2.20. The highest BCUT2D eigenvalue weighted by atomic mass is 16.5. The predicted molar refractivity (Wildman–Crippen MR) is 70.6 cm³/mol. The van der Waals surface area contributed by atoms with E-state index in [2.05, 4.69) is 32.6 Å². The molecule has 2 N–H and O–H groups in total. The number of hydrogen-bond donors (Lipinski definition) is 1. The molecule has 3 heteroatoms. The van der Waals surface area contributed by atoms with Crippen LogP contribution in [-0.4, -0.2) is 44.3 Å². The molecule has 98 valence electrons. The second-order valence-electron chi connectivity index (χ2n) is 5.38. The average molecular weight is 230 g/mol. The third kappa shape index (κ3) is 8.08. The SMILES string of the molecule is COCCN(CCC(N)C(C)C)CC(C)C. The Morgan fingerprint density at radius 3 is 2.19 bits per heavy atom. The summed E-state index contributed by atoms with van der Waals surface area (Å²) in [6.07, 6.45) is 1.08. The molecule has 0 aliphatic carbocycles.